The second-order valence-electron chi connectivity index (χ2n) is 1.97. The number of halogens is 1. The Hall–Kier alpha value is 0.120. The first kappa shape index (κ1) is 12.1. The lowest BCUT2D eigenvalue weighted by Crippen LogP contribution is -2.34. The zero-order valence-corrected chi connectivity index (χ0v) is 8.48. The van der Waals surface area contributed by atoms with Crippen molar-refractivity contribution < 1.29 is 17.9 Å². The second kappa shape index (κ2) is 5.71. The molecule has 0 aromatic carbocycles. The standard InChI is InChI=1S/C5H12ClNO4S/c1-10-5(11-2)3-7-12(8,9)4-6/h5,7H,3-4H2,1-2H3. The van der Waals surface area contributed by atoms with Crippen LogP contribution >= 0.6 is 11.6 Å². The molecule has 0 atom stereocenters. The van der Waals surface area contributed by atoms with Gasteiger partial charge in [-0.1, -0.05) is 0 Å². The van der Waals surface area contributed by atoms with E-state index in [9.17, 15) is 8.42 Å². The summed E-state index contributed by atoms with van der Waals surface area (Å²) in [4.78, 5) is 0. The van der Waals surface area contributed by atoms with Gasteiger partial charge in [0.25, 0.3) is 0 Å². The summed E-state index contributed by atoms with van der Waals surface area (Å²) in [5.41, 5.74) is 0. The molecule has 0 unspecified atom stereocenters. The predicted molar refractivity (Wildman–Crippen MR) is 45.4 cm³/mol. The Kier molecular flexibility index (Phi) is 5.77. The Morgan fingerprint density at radius 1 is 1.42 bits per heavy atom. The first-order valence-corrected chi connectivity index (χ1v) is 5.33. The van der Waals surface area contributed by atoms with Crippen LogP contribution in [0.4, 0.5) is 0 Å². The number of nitrogens with one attached hydrogen (secondary N) is 1. The van der Waals surface area contributed by atoms with Crippen molar-refractivity contribution in [2.75, 3.05) is 26.0 Å². The lowest BCUT2D eigenvalue weighted by molar-refractivity contribution is -0.0960. The summed E-state index contributed by atoms with van der Waals surface area (Å²) < 4.78 is 33.3. The third kappa shape index (κ3) is 4.89. The summed E-state index contributed by atoms with van der Waals surface area (Å²) in [5, 5.41) is -0.465. The average molecular weight is 218 g/mol. The summed E-state index contributed by atoms with van der Waals surface area (Å²) in [7, 11) is -0.540. The minimum Gasteiger partial charge on any atom is -0.355 e. The first-order valence-electron chi connectivity index (χ1n) is 3.14. The monoisotopic (exact) mass is 217 g/mol. The number of hydrogen-bond donors (Lipinski definition) is 1. The molecule has 0 aliphatic rings. The van der Waals surface area contributed by atoms with Crippen LogP contribution in [0.25, 0.3) is 0 Å². The zero-order valence-electron chi connectivity index (χ0n) is 6.91. The molecule has 0 bridgehead atoms. The third-order valence-corrected chi connectivity index (χ3v) is 2.89. The number of alkyl halides is 1. The fourth-order valence-corrected chi connectivity index (χ4v) is 1.20. The van der Waals surface area contributed by atoms with E-state index in [1.807, 2.05) is 0 Å². The van der Waals surface area contributed by atoms with E-state index >= 15 is 0 Å². The number of methoxy groups -OCH3 is 2. The highest BCUT2D eigenvalue weighted by Crippen LogP contribution is 1.92. The number of rotatable bonds is 6. The highest BCUT2D eigenvalue weighted by Gasteiger charge is 2.11. The van der Waals surface area contributed by atoms with Gasteiger partial charge in [-0.2, -0.15) is 0 Å². The maximum Gasteiger partial charge on any atom is 0.225 e. The fraction of sp³-hybridized carbons (Fsp3) is 1.00. The van der Waals surface area contributed by atoms with Crippen LogP contribution in [0.5, 0.6) is 0 Å². The Morgan fingerprint density at radius 2 is 1.92 bits per heavy atom. The zero-order chi connectivity index (χ0) is 9.61. The molecule has 0 fully saturated rings. The van der Waals surface area contributed by atoms with E-state index in [0.717, 1.165) is 0 Å². The molecule has 0 radical (unpaired) electrons. The molecule has 0 rings (SSSR count). The van der Waals surface area contributed by atoms with Gasteiger partial charge in [-0.15, -0.1) is 11.6 Å². The van der Waals surface area contributed by atoms with Crippen molar-refractivity contribution >= 4 is 21.6 Å². The highest BCUT2D eigenvalue weighted by molar-refractivity contribution is 7.90. The molecule has 12 heavy (non-hydrogen) atoms. The lowest BCUT2D eigenvalue weighted by atomic mass is 10.6. The largest absolute Gasteiger partial charge is 0.355 e. The van der Waals surface area contributed by atoms with Gasteiger partial charge >= 0.3 is 0 Å². The van der Waals surface area contributed by atoms with Gasteiger partial charge in [0.15, 0.2) is 6.29 Å². The minimum absolute atomic E-state index is 0.0576. The highest BCUT2D eigenvalue weighted by atomic mass is 35.5. The van der Waals surface area contributed by atoms with Gasteiger partial charge < -0.3 is 9.47 Å². The number of hydrogen-bond acceptors (Lipinski definition) is 4. The van der Waals surface area contributed by atoms with E-state index < -0.39 is 21.5 Å². The minimum atomic E-state index is -3.38. The predicted octanol–water partition coefficient (Wildman–Crippen LogP) is -0.279. The van der Waals surface area contributed by atoms with Crippen molar-refractivity contribution in [2.45, 2.75) is 6.29 Å². The Bertz CT molecular complexity index is 201. The van der Waals surface area contributed by atoms with Crippen molar-refractivity contribution in [3.8, 4) is 0 Å². The summed E-state index contributed by atoms with van der Waals surface area (Å²) >= 11 is 5.13. The Balaban J connectivity index is 3.81. The SMILES string of the molecule is COC(CNS(=O)(=O)CCl)OC. The molecule has 7 heteroatoms. The van der Waals surface area contributed by atoms with Crippen molar-refractivity contribution in [3.05, 3.63) is 0 Å². The van der Waals surface area contributed by atoms with E-state index in [-0.39, 0.29) is 6.54 Å². The molecule has 0 aliphatic heterocycles. The van der Waals surface area contributed by atoms with Gasteiger partial charge in [0.05, 0.1) is 6.54 Å². The molecule has 0 aromatic heterocycles. The number of sulfonamides is 1. The first-order chi connectivity index (χ1) is 5.55. The van der Waals surface area contributed by atoms with E-state index in [1.54, 1.807) is 0 Å². The van der Waals surface area contributed by atoms with Crippen LogP contribution in [0.3, 0.4) is 0 Å². The molecule has 0 saturated carbocycles. The van der Waals surface area contributed by atoms with Crippen molar-refractivity contribution in [2.24, 2.45) is 0 Å². The van der Waals surface area contributed by atoms with E-state index in [1.165, 1.54) is 14.2 Å². The fourth-order valence-electron chi connectivity index (χ4n) is 0.496. The summed E-state index contributed by atoms with van der Waals surface area (Å²) in [6.07, 6.45) is -0.581. The molecule has 0 aromatic rings. The van der Waals surface area contributed by atoms with Crippen molar-refractivity contribution in [1.82, 2.24) is 4.72 Å². The van der Waals surface area contributed by atoms with E-state index in [2.05, 4.69) is 4.72 Å². The van der Waals surface area contributed by atoms with Crippen LogP contribution in [0.2, 0.25) is 0 Å². The topological polar surface area (TPSA) is 64.6 Å². The maximum absolute atomic E-state index is 10.8. The molecule has 0 saturated heterocycles. The quantitative estimate of drug-likeness (QED) is 0.491. The van der Waals surface area contributed by atoms with Crippen LogP contribution in [-0.4, -0.2) is 40.7 Å². The van der Waals surface area contributed by atoms with Crippen molar-refractivity contribution in [3.63, 3.8) is 0 Å². The lowest BCUT2D eigenvalue weighted by Gasteiger charge is -2.13. The smallest absolute Gasteiger partial charge is 0.225 e. The molecule has 0 amide bonds. The summed E-state index contributed by atoms with van der Waals surface area (Å²) in [6.45, 7) is 0.0576. The van der Waals surface area contributed by atoms with Gasteiger partial charge in [-0.05, 0) is 0 Å². The van der Waals surface area contributed by atoms with Crippen LogP contribution in [0.15, 0.2) is 0 Å². The molecular formula is C5H12ClNO4S. The van der Waals surface area contributed by atoms with Crippen molar-refractivity contribution in [1.29, 1.82) is 0 Å². The summed E-state index contributed by atoms with van der Waals surface area (Å²) in [5.74, 6) is 0. The molecule has 0 aliphatic carbocycles. The maximum atomic E-state index is 10.8. The van der Waals surface area contributed by atoms with E-state index in [0.29, 0.717) is 0 Å². The van der Waals surface area contributed by atoms with Gasteiger partial charge in [0.2, 0.25) is 10.0 Å². The second-order valence-corrected chi connectivity index (χ2v) is 4.36. The molecule has 1 N–H and O–H groups in total. The summed E-state index contributed by atoms with van der Waals surface area (Å²) in [6, 6.07) is 0. The van der Waals surface area contributed by atoms with Crippen LogP contribution in [0.1, 0.15) is 0 Å². The molecule has 5 nitrogen and oxygen atoms in total. The molecule has 0 heterocycles. The number of ether oxygens (including phenoxy) is 2. The van der Waals surface area contributed by atoms with Crippen LogP contribution < -0.4 is 4.72 Å². The third-order valence-electron chi connectivity index (χ3n) is 1.14. The Morgan fingerprint density at radius 3 is 2.25 bits per heavy atom. The van der Waals surface area contributed by atoms with Gasteiger partial charge in [0, 0.05) is 14.2 Å². The normalized spacial score (nSPS) is 12.3. The van der Waals surface area contributed by atoms with Gasteiger partial charge in [-0.25, -0.2) is 13.1 Å². The van der Waals surface area contributed by atoms with Crippen LogP contribution in [-0.2, 0) is 19.5 Å². The molecule has 0 spiro atoms. The molecule has 74 valence electrons. The van der Waals surface area contributed by atoms with Gasteiger partial charge in [-0.3, -0.25) is 0 Å². The van der Waals surface area contributed by atoms with E-state index in [4.69, 9.17) is 21.1 Å². The van der Waals surface area contributed by atoms with Crippen LogP contribution in [0, 0.1) is 0 Å². The molecular weight excluding hydrogens is 206 g/mol. The average Bonchev–Trinajstić information content (AvgIpc) is 2.06. The Labute approximate surface area is 77.0 Å². The van der Waals surface area contributed by atoms with Gasteiger partial charge in [0.1, 0.15) is 5.21 Å².